The first-order valence-electron chi connectivity index (χ1n) is 4.36. The van der Waals surface area contributed by atoms with E-state index in [0.717, 1.165) is 0 Å². The third-order valence-corrected chi connectivity index (χ3v) is 3.10. The van der Waals surface area contributed by atoms with Gasteiger partial charge in [0.1, 0.15) is 11.6 Å². The van der Waals surface area contributed by atoms with Crippen molar-refractivity contribution in [3.63, 3.8) is 0 Å². The fourth-order valence-corrected chi connectivity index (χ4v) is 2.15. The number of hydrogen-bond acceptors (Lipinski definition) is 3. The molecule has 0 radical (unpaired) electrons. The maximum atomic E-state index is 11.8. The summed E-state index contributed by atoms with van der Waals surface area (Å²) in [5, 5.41) is 30.6. The van der Waals surface area contributed by atoms with Gasteiger partial charge in [-0.3, -0.25) is 0 Å². The number of quaternary nitrogens is 1. The Bertz CT molecular complexity index is 267. The van der Waals surface area contributed by atoms with Crippen LogP contribution < -0.4 is 5.06 Å². The molecule has 2 unspecified atom stereocenters. The van der Waals surface area contributed by atoms with Gasteiger partial charge in [0.15, 0.2) is 0 Å². The minimum atomic E-state index is -1.51. The van der Waals surface area contributed by atoms with Gasteiger partial charge in [0.25, 0.3) is 0 Å². The third-order valence-electron chi connectivity index (χ3n) is 3.10. The fraction of sp³-hybridized carbons (Fsp3) is 0.889. The van der Waals surface area contributed by atoms with Gasteiger partial charge in [0.2, 0.25) is 5.60 Å². The van der Waals surface area contributed by atoms with Gasteiger partial charge in [-0.25, -0.2) is 0 Å². The molecule has 4 heteroatoms. The van der Waals surface area contributed by atoms with Crippen LogP contribution >= 0.6 is 0 Å². The number of rotatable bonds is 0. The normalized spacial score (nSPS) is 41.5. The molecule has 4 nitrogen and oxygen atoms in total. The van der Waals surface area contributed by atoms with Crippen molar-refractivity contribution < 1.29 is 10.2 Å². The van der Waals surface area contributed by atoms with Crippen molar-refractivity contribution in [3.05, 3.63) is 5.21 Å². The number of nitrogens with one attached hydrogen (secondary N) is 1. The van der Waals surface area contributed by atoms with Gasteiger partial charge >= 0.3 is 0 Å². The SMILES string of the molecule is CC1(C)CC(O)(C#N)C(C)(C)[NH+]1[O-]. The van der Waals surface area contributed by atoms with E-state index >= 15 is 0 Å². The molecule has 1 heterocycles. The van der Waals surface area contributed by atoms with Crippen molar-refractivity contribution in [1.29, 1.82) is 5.26 Å². The predicted octanol–water partition coefficient (Wildman–Crippen LogP) is -0.415. The van der Waals surface area contributed by atoms with Crippen molar-refractivity contribution in [2.45, 2.75) is 50.8 Å². The molecular formula is C9H16N2O2. The second-order valence-corrected chi connectivity index (χ2v) is 4.99. The molecule has 0 bridgehead atoms. The highest BCUT2D eigenvalue weighted by atomic mass is 16.5. The van der Waals surface area contributed by atoms with E-state index in [1.54, 1.807) is 27.7 Å². The van der Waals surface area contributed by atoms with E-state index < -0.39 is 16.7 Å². The standard InChI is InChI=1S/C9H16N2O2/c1-7(2)5-9(12,6-10)8(3,4)11(7)13/h11-12H,5H2,1-4H3. The second kappa shape index (κ2) is 2.44. The van der Waals surface area contributed by atoms with Crippen molar-refractivity contribution >= 4 is 0 Å². The molecule has 1 rings (SSSR count). The van der Waals surface area contributed by atoms with E-state index in [-0.39, 0.29) is 11.5 Å². The van der Waals surface area contributed by atoms with Crippen molar-refractivity contribution in [2.24, 2.45) is 0 Å². The highest BCUT2D eigenvalue weighted by molar-refractivity contribution is 5.16. The number of hydrogen-bond donors (Lipinski definition) is 2. The molecule has 1 aliphatic rings. The molecule has 74 valence electrons. The zero-order valence-electron chi connectivity index (χ0n) is 8.51. The number of aliphatic hydroxyl groups is 1. The summed E-state index contributed by atoms with van der Waals surface area (Å²) in [7, 11) is 0. The van der Waals surface area contributed by atoms with E-state index in [0.29, 0.717) is 0 Å². The first kappa shape index (κ1) is 10.5. The minimum Gasteiger partial charge on any atom is -0.633 e. The summed E-state index contributed by atoms with van der Waals surface area (Å²) in [5.41, 5.74) is -3.05. The lowest BCUT2D eigenvalue weighted by atomic mass is 9.83. The Labute approximate surface area is 78.3 Å². The van der Waals surface area contributed by atoms with Gasteiger partial charge in [-0.15, -0.1) is 0 Å². The number of hydroxylamine groups is 2. The number of nitriles is 1. The van der Waals surface area contributed by atoms with Gasteiger partial charge in [-0.2, -0.15) is 5.26 Å². The molecule has 0 aromatic heterocycles. The van der Waals surface area contributed by atoms with Gasteiger partial charge in [-0.1, -0.05) is 0 Å². The van der Waals surface area contributed by atoms with Crippen LogP contribution in [0.15, 0.2) is 0 Å². The first-order chi connectivity index (χ1) is 5.67. The summed E-state index contributed by atoms with van der Waals surface area (Å²) in [4.78, 5) is 0. The van der Waals surface area contributed by atoms with Crippen LogP contribution in [0.5, 0.6) is 0 Å². The third kappa shape index (κ3) is 1.16. The summed E-state index contributed by atoms with van der Waals surface area (Å²) in [6.45, 7) is 6.80. The highest BCUT2D eigenvalue weighted by Crippen LogP contribution is 2.33. The van der Waals surface area contributed by atoms with E-state index in [1.165, 1.54) is 0 Å². The van der Waals surface area contributed by atoms with Crippen LogP contribution in [0.4, 0.5) is 0 Å². The first-order valence-corrected chi connectivity index (χ1v) is 4.36. The van der Waals surface area contributed by atoms with Gasteiger partial charge in [0, 0.05) is 0 Å². The molecule has 0 aromatic rings. The molecule has 1 fully saturated rings. The van der Waals surface area contributed by atoms with E-state index in [2.05, 4.69) is 0 Å². The second-order valence-electron chi connectivity index (χ2n) is 4.99. The van der Waals surface area contributed by atoms with Crippen molar-refractivity contribution in [1.82, 2.24) is 0 Å². The largest absolute Gasteiger partial charge is 0.633 e. The Morgan fingerprint density at radius 1 is 1.38 bits per heavy atom. The summed E-state index contributed by atoms with van der Waals surface area (Å²) in [6, 6.07) is 1.85. The molecule has 1 saturated heterocycles. The summed E-state index contributed by atoms with van der Waals surface area (Å²) < 4.78 is 0. The van der Waals surface area contributed by atoms with Crippen molar-refractivity contribution in [2.75, 3.05) is 0 Å². The Morgan fingerprint density at radius 3 is 2.00 bits per heavy atom. The summed E-state index contributed by atoms with van der Waals surface area (Å²) >= 11 is 0. The van der Waals surface area contributed by atoms with Crippen LogP contribution in [0.1, 0.15) is 34.1 Å². The average molecular weight is 184 g/mol. The van der Waals surface area contributed by atoms with Crippen LogP contribution in [0, 0.1) is 16.5 Å². The average Bonchev–Trinajstić information content (AvgIpc) is 2.11. The molecular weight excluding hydrogens is 168 g/mol. The van der Waals surface area contributed by atoms with Crippen LogP contribution in [0.2, 0.25) is 0 Å². The van der Waals surface area contributed by atoms with E-state index in [4.69, 9.17) is 5.26 Å². The molecule has 1 aliphatic heterocycles. The van der Waals surface area contributed by atoms with Crippen LogP contribution in [0.3, 0.4) is 0 Å². The van der Waals surface area contributed by atoms with Crippen LogP contribution in [-0.4, -0.2) is 21.8 Å². The maximum absolute atomic E-state index is 11.8. The Hall–Kier alpha value is -0.630. The Kier molecular flexibility index (Phi) is 1.96. The number of nitrogens with zero attached hydrogens (tertiary/aromatic N) is 1. The smallest absolute Gasteiger partial charge is 0.211 e. The molecule has 0 aliphatic carbocycles. The predicted molar refractivity (Wildman–Crippen MR) is 47.7 cm³/mol. The highest BCUT2D eigenvalue weighted by Gasteiger charge is 2.62. The fourth-order valence-electron chi connectivity index (χ4n) is 2.15. The molecule has 2 atom stereocenters. The molecule has 0 amide bonds. The van der Waals surface area contributed by atoms with Gasteiger partial charge in [0.05, 0.1) is 12.0 Å². The van der Waals surface area contributed by atoms with E-state index in [1.807, 2.05) is 6.07 Å². The van der Waals surface area contributed by atoms with E-state index in [9.17, 15) is 10.3 Å². The molecule has 0 spiro atoms. The van der Waals surface area contributed by atoms with Crippen molar-refractivity contribution in [3.8, 4) is 6.07 Å². The van der Waals surface area contributed by atoms with Crippen LogP contribution in [0.25, 0.3) is 0 Å². The topological polar surface area (TPSA) is 71.5 Å². The maximum Gasteiger partial charge on any atom is 0.211 e. The van der Waals surface area contributed by atoms with Crippen LogP contribution in [-0.2, 0) is 0 Å². The Morgan fingerprint density at radius 2 is 1.85 bits per heavy atom. The monoisotopic (exact) mass is 184 g/mol. The Balaban J connectivity index is 3.17. The molecule has 13 heavy (non-hydrogen) atoms. The molecule has 0 saturated carbocycles. The lowest BCUT2D eigenvalue weighted by Gasteiger charge is -2.41. The quantitative estimate of drug-likeness (QED) is 0.397. The zero-order valence-corrected chi connectivity index (χ0v) is 8.51. The molecule has 0 aromatic carbocycles. The molecule has 2 N–H and O–H groups in total. The summed E-state index contributed by atoms with van der Waals surface area (Å²) in [6.07, 6.45) is 0.225. The summed E-state index contributed by atoms with van der Waals surface area (Å²) in [5.74, 6) is 0. The lowest BCUT2D eigenvalue weighted by molar-refractivity contribution is -0.935. The van der Waals surface area contributed by atoms with Gasteiger partial charge in [-0.05, 0) is 27.7 Å². The van der Waals surface area contributed by atoms with Gasteiger partial charge < -0.3 is 15.4 Å². The zero-order chi connectivity index (χ0) is 10.5. The minimum absolute atomic E-state index is 0.0379. The lowest BCUT2D eigenvalue weighted by Crippen LogP contribution is -3.20.